The Morgan fingerprint density at radius 3 is 2.80 bits per heavy atom. The van der Waals surface area contributed by atoms with Crippen molar-refractivity contribution in [2.45, 2.75) is 18.1 Å². The number of hydrogen-bond donors (Lipinski definition) is 1. The molecule has 5 nitrogen and oxygen atoms in total. The topological polar surface area (TPSA) is 59.8 Å². The maximum absolute atomic E-state index is 12.7. The zero-order chi connectivity index (χ0) is 14.4. The van der Waals surface area contributed by atoms with Crippen LogP contribution in [-0.2, 0) is 18.4 Å². The molecule has 0 unspecified atom stereocenters. The zero-order valence-corrected chi connectivity index (χ0v) is 11.9. The standard InChI is InChI=1S/C13H15FN4OS/c1-18-9-16-17-13(18)20-7-6-12(19)15-8-10-2-4-11(14)5-3-10/h2-5,9H,6-8H2,1H3,(H,15,19). The van der Waals surface area contributed by atoms with Gasteiger partial charge in [0.1, 0.15) is 12.1 Å². The van der Waals surface area contributed by atoms with E-state index in [-0.39, 0.29) is 11.7 Å². The van der Waals surface area contributed by atoms with E-state index in [9.17, 15) is 9.18 Å². The third-order valence-electron chi connectivity index (χ3n) is 2.63. The highest BCUT2D eigenvalue weighted by atomic mass is 32.2. The zero-order valence-electron chi connectivity index (χ0n) is 11.0. The third kappa shape index (κ3) is 4.34. The van der Waals surface area contributed by atoms with Crippen LogP contribution in [0, 0.1) is 5.82 Å². The number of carbonyl (C=O) groups excluding carboxylic acids is 1. The van der Waals surface area contributed by atoms with Gasteiger partial charge in [-0.05, 0) is 17.7 Å². The number of nitrogens with one attached hydrogen (secondary N) is 1. The van der Waals surface area contributed by atoms with Crippen molar-refractivity contribution < 1.29 is 9.18 Å². The van der Waals surface area contributed by atoms with Crippen molar-refractivity contribution in [2.75, 3.05) is 5.75 Å². The van der Waals surface area contributed by atoms with Gasteiger partial charge in [-0.1, -0.05) is 23.9 Å². The molecule has 1 aromatic heterocycles. The first kappa shape index (κ1) is 14.5. The molecule has 1 N–H and O–H groups in total. The smallest absolute Gasteiger partial charge is 0.221 e. The number of amides is 1. The molecule has 0 aliphatic heterocycles. The van der Waals surface area contributed by atoms with Gasteiger partial charge in [-0.15, -0.1) is 10.2 Å². The van der Waals surface area contributed by atoms with Gasteiger partial charge >= 0.3 is 0 Å². The SMILES string of the molecule is Cn1cnnc1SCCC(=O)NCc1ccc(F)cc1. The number of carbonyl (C=O) groups is 1. The molecule has 0 saturated heterocycles. The number of benzene rings is 1. The molecule has 0 bridgehead atoms. The van der Waals surface area contributed by atoms with Crippen LogP contribution in [0.5, 0.6) is 0 Å². The van der Waals surface area contributed by atoms with Gasteiger partial charge in [0.2, 0.25) is 5.91 Å². The largest absolute Gasteiger partial charge is 0.352 e. The normalized spacial score (nSPS) is 10.5. The monoisotopic (exact) mass is 294 g/mol. The summed E-state index contributed by atoms with van der Waals surface area (Å²) in [6.07, 6.45) is 2.02. The fourth-order valence-corrected chi connectivity index (χ4v) is 2.36. The van der Waals surface area contributed by atoms with Crippen molar-refractivity contribution in [3.05, 3.63) is 42.0 Å². The van der Waals surface area contributed by atoms with Gasteiger partial charge in [0.25, 0.3) is 0 Å². The first-order chi connectivity index (χ1) is 9.65. The summed E-state index contributed by atoms with van der Waals surface area (Å²) in [5.41, 5.74) is 0.876. The Morgan fingerprint density at radius 2 is 2.15 bits per heavy atom. The lowest BCUT2D eigenvalue weighted by molar-refractivity contribution is -0.120. The van der Waals surface area contributed by atoms with E-state index in [2.05, 4.69) is 15.5 Å². The molecule has 1 amide bonds. The fourth-order valence-electron chi connectivity index (χ4n) is 1.53. The number of thioether (sulfide) groups is 1. The molecular formula is C13H15FN4OS. The molecule has 0 saturated carbocycles. The van der Waals surface area contributed by atoms with E-state index < -0.39 is 0 Å². The lowest BCUT2D eigenvalue weighted by atomic mass is 10.2. The summed E-state index contributed by atoms with van der Waals surface area (Å²) in [5.74, 6) is 0.325. The molecule has 2 rings (SSSR count). The highest BCUT2D eigenvalue weighted by molar-refractivity contribution is 7.99. The van der Waals surface area contributed by atoms with Crippen molar-refractivity contribution in [1.82, 2.24) is 20.1 Å². The number of aromatic nitrogens is 3. The summed E-state index contributed by atoms with van der Waals surface area (Å²) in [4.78, 5) is 11.7. The summed E-state index contributed by atoms with van der Waals surface area (Å²) in [6.45, 7) is 0.410. The highest BCUT2D eigenvalue weighted by Crippen LogP contribution is 2.14. The maximum Gasteiger partial charge on any atom is 0.221 e. The van der Waals surface area contributed by atoms with E-state index in [0.29, 0.717) is 18.7 Å². The van der Waals surface area contributed by atoms with Crippen molar-refractivity contribution in [3.63, 3.8) is 0 Å². The molecule has 0 fully saturated rings. The van der Waals surface area contributed by atoms with Gasteiger partial charge in [0.15, 0.2) is 5.16 Å². The van der Waals surface area contributed by atoms with Crippen molar-refractivity contribution in [3.8, 4) is 0 Å². The van der Waals surface area contributed by atoms with Crippen LogP contribution in [0.1, 0.15) is 12.0 Å². The molecule has 106 valence electrons. The predicted octanol–water partition coefficient (Wildman–Crippen LogP) is 1.75. The summed E-state index contributed by atoms with van der Waals surface area (Å²) >= 11 is 1.48. The first-order valence-corrected chi connectivity index (χ1v) is 7.11. The molecule has 0 aliphatic carbocycles. The van der Waals surface area contributed by atoms with Crippen LogP contribution < -0.4 is 5.32 Å². The Kier molecular flexibility index (Phi) is 5.11. The van der Waals surface area contributed by atoms with Crippen LogP contribution in [0.15, 0.2) is 35.7 Å². The van der Waals surface area contributed by atoms with Crippen LogP contribution in [-0.4, -0.2) is 26.4 Å². The molecule has 7 heteroatoms. The summed E-state index contributed by atoms with van der Waals surface area (Å²) in [5, 5.41) is 11.3. The van der Waals surface area contributed by atoms with Gasteiger partial charge in [-0.25, -0.2) is 4.39 Å². The average Bonchev–Trinajstić information content (AvgIpc) is 2.84. The van der Waals surface area contributed by atoms with Crippen LogP contribution in [0.3, 0.4) is 0 Å². The van der Waals surface area contributed by atoms with Gasteiger partial charge in [0.05, 0.1) is 0 Å². The van der Waals surface area contributed by atoms with Crippen LogP contribution >= 0.6 is 11.8 Å². The van der Waals surface area contributed by atoms with Gasteiger partial charge in [-0.2, -0.15) is 0 Å². The molecule has 1 aromatic carbocycles. The lowest BCUT2D eigenvalue weighted by Gasteiger charge is -2.05. The quantitative estimate of drug-likeness (QED) is 0.825. The maximum atomic E-state index is 12.7. The van der Waals surface area contributed by atoms with E-state index in [1.54, 1.807) is 23.0 Å². The van der Waals surface area contributed by atoms with E-state index >= 15 is 0 Å². The Bertz CT molecular complexity index is 570. The Labute approximate surface area is 120 Å². The third-order valence-corrected chi connectivity index (χ3v) is 3.67. The average molecular weight is 294 g/mol. The fraction of sp³-hybridized carbons (Fsp3) is 0.308. The van der Waals surface area contributed by atoms with Crippen LogP contribution in [0.4, 0.5) is 4.39 Å². The molecule has 0 atom stereocenters. The molecule has 0 spiro atoms. The lowest BCUT2D eigenvalue weighted by Crippen LogP contribution is -2.23. The van der Waals surface area contributed by atoms with E-state index in [1.807, 2.05) is 7.05 Å². The minimum Gasteiger partial charge on any atom is -0.352 e. The number of rotatable bonds is 6. The second-order valence-electron chi connectivity index (χ2n) is 4.23. The van der Waals surface area contributed by atoms with E-state index in [1.165, 1.54) is 23.9 Å². The molecule has 20 heavy (non-hydrogen) atoms. The Morgan fingerprint density at radius 1 is 1.40 bits per heavy atom. The predicted molar refractivity (Wildman–Crippen MR) is 74.6 cm³/mol. The van der Waals surface area contributed by atoms with Gasteiger partial charge in [0, 0.05) is 25.8 Å². The molecule has 0 aliphatic rings. The second kappa shape index (κ2) is 7.04. The van der Waals surface area contributed by atoms with Gasteiger partial charge in [-0.3, -0.25) is 4.79 Å². The first-order valence-electron chi connectivity index (χ1n) is 6.13. The summed E-state index contributed by atoms with van der Waals surface area (Å²) in [6, 6.07) is 6.07. The van der Waals surface area contributed by atoms with Crippen molar-refractivity contribution >= 4 is 17.7 Å². The number of aryl methyl sites for hydroxylation is 1. The van der Waals surface area contributed by atoms with Crippen LogP contribution in [0.25, 0.3) is 0 Å². The van der Waals surface area contributed by atoms with E-state index in [0.717, 1.165) is 10.7 Å². The minimum absolute atomic E-state index is 0.0380. The Hall–Kier alpha value is -1.89. The number of halogens is 1. The molecule has 0 radical (unpaired) electrons. The summed E-state index contributed by atoms with van der Waals surface area (Å²) in [7, 11) is 1.86. The second-order valence-corrected chi connectivity index (χ2v) is 5.29. The number of hydrogen-bond acceptors (Lipinski definition) is 4. The van der Waals surface area contributed by atoms with E-state index in [4.69, 9.17) is 0 Å². The summed E-state index contributed by atoms with van der Waals surface area (Å²) < 4.78 is 14.5. The number of nitrogens with zero attached hydrogens (tertiary/aromatic N) is 3. The molecule has 1 heterocycles. The van der Waals surface area contributed by atoms with Crippen LogP contribution in [0.2, 0.25) is 0 Å². The highest BCUT2D eigenvalue weighted by Gasteiger charge is 2.05. The minimum atomic E-state index is -0.278. The molecular weight excluding hydrogens is 279 g/mol. The van der Waals surface area contributed by atoms with Crippen molar-refractivity contribution in [2.24, 2.45) is 7.05 Å². The molecule has 2 aromatic rings. The van der Waals surface area contributed by atoms with Gasteiger partial charge < -0.3 is 9.88 Å². The Balaban J connectivity index is 1.68. The van der Waals surface area contributed by atoms with Crippen molar-refractivity contribution in [1.29, 1.82) is 0 Å².